The van der Waals surface area contributed by atoms with Gasteiger partial charge in [0, 0.05) is 43.7 Å². The number of hydrogen-bond donors (Lipinski definition) is 1. The number of carbonyl (C=O) groups is 1. The average Bonchev–Trinajstić information content (AvgIpc) is 3.34. The maximum Gasteiger partial charge on any atom is 0.254 e. The molecule has 0 spiro atoms. The lowest BCUT2D eigenvalue weighted by atomic mass is 9.92. The summed E-state index contributed by atoms with van der Waals surface area (Å²) in [7, 11) is 0. The molecule has 1 saturated heterocycles. The SMILES string of the molecule is Cc1ccc(C(C)C(=O)N2CCC(c3nc4c(c(=O)[nH]3)CCN(C3CCCCC3)C4)C2)cc1. The van der Waals surface area contributed by atoms with Crippen molar-refractivity contribution < 1.29 is 4.79 Å². The summed E-state index contributed by atoms with van der Waals surface area (Å²) in [5, 5.41) is 0. The molecule has 6 heteroatoms. The topological polar surface area (TPSA) is 69.3 Å². The van der Waals surface area contributed by atoms with E-state index in [-0.39, 0.29) is 23.3 Å². The van der Waals surface area contributed by atoms with Crippen LogP contribution in [0.25, 0.3) is 0 Å². The predicted octanol–water partition coefficient (Wildman–Crippen LogP) is 3.89. The van der Waals surface area contributed by atoms with Gasteiger partial charge in [0.1, 0.15) is 5.82 Å². The zero-order valence-corrected chi connectivity index (χ0v) is 20.0. The Morgan fingerprint density at radius 2 is 1.85 bits per heavy atom. The van der Waals surface area contributed by atoms with Crippen LogP contribution in [0.2, 0.25) is 0 Å². The minimum atomic E-state index is -0.163. The molecule has 1 amide bonds. The average molecular weight is 449 g/mol. The largest absolute Gasteiger partial charge is 0.341 e. The molecular weight excluding hydrogens is 412 g/mol. The summed E-state index contributed by atoms with van der Waals surface area (Å²) in [5.41, 5.74) is 4.10. The zero-order valence-electron chi connectivity index (χ0n) is 20.0. The Balaban J connectivity index is 1.28. The first-order valence-electron chi connectivity index (χ1n) is 12.7. The van der Waals surface area contributed by atoms with E-state index in [2.05, 4.69) is 28.9 Å². The number of likely N-dealkylation sites (tertiary alicyclic amines) is 1. The van der Waals surface area contributed by atoms with Gasteiger partial charge in [-0.15, -0.1) is 0 Å². The zero-order chi connectivity index (χ0) is 22.9. The lowest BCUT2D eigenvalue weighted by Gasteiger charge is -2.37. The van der Waals surface area contributed by atoms with E-state index in [1.807, 2.05) is 24.0 Å². The number of nitrogens with one attached hydrogen (secondary N) is 1. The van der Waals surface area contributed by atoms with E-state index in [0.29, 0.717) is 19.1 Å². The van der Waals surface area contributed by atoms with Gasteiger partial charge in [0.25, 0.3) is 5.56 Å². The molecule has 1 aromatic heterocycles. The van der Waals surface area contributed by atoms with Crippen molar-refractivity contribution in [2.24, 2.45) is 0 Å². The Morgan fingerprint density at radius 1 is 1.09 bits per heavy atom. The summed E-state index contributed by atoms with van der Waals surface area (Å²) in [6.07, 6.45) is 8.15. The minimum absolute atomic E-state index is 0.0242. The van der Waals surface area contributed by atoms with Gasteiger partial charge in [-0.2, -0.15) is 0 Å². The number of aromatic nitrogens is 2. The molecule has 1 N–H and O–H groups in total. The standard InChI is InChI=1S/C27H36N4O2/c1-18-8-10-20(11-9-18)19(2)27(33)31-14-12-21(16-31)25-28-24-17-30(22-6-4-3-5-7-22)15-13-23(24)26(32)29-25/h8-11,19,21-22H,3-7,12-17H2,1-2H3,(H,28,29,32). The smallest absolute Gasteiger partial charge is 0.254 e. The van der Waals surface area contributed by atoms with Crippen molar-refractivity contribution in [2.75, 3.05) is 19.6 Å². The Morgan fingerprint density at radius 3 is 2.61 bits per heavy atom. The second-order valence-electron chi connectivity index (χ2n) is 10.3. The molecule has 3 heterocycles. The van der Waals surface area contributed by atoms with Crippen molar-refractivity contribution in [1.29, 1.82) is 0 Å². The first-order chi connectivity index (χ1) is 16.0. The molecule has 0 radical (unpaired) electrons. The third-order valence-electron chi connectivity index (χ3n) is 8.05. The lowest BCUT2D eigenvalue weighted by Crippen LogP contribution is -2.42. The molecular formula is C27H36N4O2. The fourth-order valence-electron chi connectivity index (χ4n) is 5.89. The highest BCUT2D eigenvalue weighted by Crippen LogP contribution is 2.30. The van der Waals surface area contributed by atoms with E-state index in [9.17, 15) is 9.59 Å². The molecule has 2 unspecified atom stereocenters. The third-order valence-corrected chi connectivity index (χ3v) is 8.05. The van der Waals surface area contributed by atoms with Gasteiger partial charge < -0.3 is 9.88 Å². The van der Waals surface area contributed by atoms with Crippen LogP contribution >= 0.6 is 0 Å². The minimum Gasteiger partial charge on any atom is -0.341 e. The number of nitrogens with zero attached hydrogens (tertiary/aromatic N) is 3. The maximum atomic E-state index is 13.2. The molecule has 5 rings (SSSR count). The molecule has 2 aromatic rings. The van der Waals surface area contributed by atoms with Crippen LogP contribution < -0.4 is 5.56 Å². The molecule has 3 aliphatic rings. The summed E-state index contributed by atoms with van der Waals surface area (Å²) in [5.74, 6) is 0.860. The van der Waals surface area contributed by atoms with Crippen molar-refractivity contribution >= 4 is 5.91 Å². The number of amides is 1. The van der Waals surface area contributed by atoms with E-state index >= 15 is 0 Å². The van der Waals surface area contributed by atoms with Crippen LogP contribution in [-0.2, 0) is 17.8 Å². The van der Waals surface area contributed by atoms with Crippen LogP contribution in [0, 0.1) is 6.92 Å². The molecule has 2 aliphatic heterocycles. The highest BCUT2D eigenvalue weighted by molar-refractivity contribution is 5.83. The molecule has 176 valence electrons. The number of rotatable bonds is 4. The first-order valence-corrected chi connectivity index (χ1v) is 12.7. The maximum absolute atomic E-state index is 13.2. The second-order valence-corrected chi connectivity index (χ2v) is 10.3. The lowest BCUT2D eigenvalue weighted by molar-refractivity contribution is -0.131. The van der Waals surface area contributed by atoms with E-state index < -0.39 is 0 Å². The van der Waals surface area contributed by atoms with Crippen molar-refractivity contribution in [1.82, 2.24) is 19.8 Å². The van der Waals surface area contributed by atoms with Gasteiger partial charge in [-0.3, -0.25) is 14.5 Å². The molecule has 33 heavy (non-hydrogen) atoms. The van der Waals surface area contributed by atoms with E-state index in [1.54, 1.807) is 0 Å². The summed E-state index contributed by atoms with van der Waals surface area (Å²) < 4.78 is 0. The molecule has 0 bridgehead atoms. The normalized spacial score (nSPS) is 22.8. The van der Waals surface area contributed by atoms with Gasteiger partial charge >= 0.3 is 0 Å². The number of benzene rings is 1. The highest BCUT2D eigenvalue weighted by atomic mass is 16.2. The van der Waals surface area contributed by atoms with Crippen LogP contribution in [0.3, 0.4) is 0 Å². The Bertz CT molecular complexity index is 1050. The van der Waals surface area contributed by atoms with Crippen LogP contribution in [0.4, 0.5) is 0 Å². The third kappa shape index (κ3) is 4.63. The predicted molar refractivity (Wildman–Crippen MR) is 129 cm³/mol. The van der Waals surface area contributed by atoms with Crippen molar-refractivity contribution in [3.05, 3.63) is 62.8 Å². The summed E-state index contributed by atoms with van der Waals surface area (Å²) >= 11 is 0. The highest BCUT2D eigenvalue weighted by Gasteiger charge is 2.33. The van der Waals surface area contributed by atoms with E-state index in [4.69, 9.17) is 4.98 Å². The first kappa shape index (κ1) is 22.3. The van der Waals surface area contributed by atoms with Crippen molar-refractivity contribution in [2.45, 2.75) is 83.2 Å². The van der Waals surface area contributed by atoms with Gasteiger partial charge in [-0.25, -0.2) is 4.98 Å². The van der Waals surface area contributed by atoms with Crippen molar-refractivity contribution in [3.63, 3.8) is 0 Å². The number of aromatic amines is 1. The van der Waals surface area contributed by atoms with Gasteiger partial charge in [-0.05, 0) is 45.1 Å². The number of carbonyl (C=O) groups excluding carboxylic acids is 1. The number of fused-ring (bicyclic) bond motifs is 1. The molecule has 1 aromatic carbocycles. The Labute approximate surface area is 196 Å². The summed E-state index contributed by atoms with van der Waals surface area (Å²) in [6.45, 7) is 7.14. The Kier molecular flexibility index (Phi) is 6.37. The van der Waals surface area contributed by atoms with Crippen LogP contribution in [0.1, 0.15) is 85.5 Å². The van der Waals surface area contributed by atoms with E-state index in [1.165, 1.54) is 37.7 Å². The molecule has 1 aliphatic carbocycles. The van der Waals surface area contributed by atoms with Gasteiger partial charge in [0.05, 0.1) is 11.6 Å². The van der Waals surface area contributed by atoms with Crippen LogP contribution in [-0.4, -0.2) is 51.4 Å². The number of hydrogen-bond acceptors (Lipinski definition) is 4. The van der Waals surface area contributed by atoms with Crippen LogP contribution in [0.5, 0.6) is 0 Å². The summed E-state index contributed by atoms with van der Waals surface area (Å²) in [4.78, 5) is 38.6. The quantitative estimate of drug-likeness (QED) is 0.771. The molecule has 6 nitrogen and oxygen atoms in total. The van der Waals surface area contributed by atoms with Gasteiger partial charge in [0.2, 0.25) is 5.91 Å². The van der Waals surface area contributed by atoms with Gasteiger partial charge in [0.15, 0.2) is 0 Å². The molecule has 2 atom stereocenters. The van der Waals surface area contributed by atoms with Crippen molar-refractivity contribution in [3.8, 4) is 0 Å². The van der Waals surface area contributed by atoms with E-state index in [0.717, 1.165) is 48.6 Å². The molecule has 2 fully saturated rings. The second kappa shape index (κ2) is 9.41. The van der Waals surface area contributed by atoms with Crippen LogP contribution in [0.15, 0.2) is 29.1 Å². The van der Waals surface area contributed by atoms with Gasteiger partial charge in [-0.1, -0.05) is 49.1 Å². The fourth-order valence-corrected chi connectivity index (χ4v) is 5.89. The fraction of sp³-hybridized carbons (Fsp3) is 0.593. The Hall–Kier alpha value is -2.47. The molecule has 1 saturated carbocycles. The number of aryl methyl sites for hydroxylation is 1. The number of H-pyrrole nitrogens is 1. The summed E-state index contributed by atoms with van der Waals surface area (Å²) in [6, 6.07) is 8.85. The monoisotopic (exact) mass is 448 g/mol.